The molecule has 9 aromatic rings. The molecular formula is C61H56. The van der Waals surface area contributed by atoms with E-state index in [1.165, 1.54) is 66.8 Å². The normalized spacial score (nSPS) is 11.0. The molecule has 300 valence electrons. The van der Waals surface area contributed by atoms with E-state index in [2.05, 4.69) is 282 Å². The minimum Gasteiger partial charge on any atom is -0.0622 e. The molecule has 9 aromatic carbocycles. The molecule has 0 amide bonds. The van der Waals surface area contributed by atoms with E-state index in [0.717, 1.165) is 6.42 Å². The fourth-order valence-corrected chi connectivity index (χ4v) is 8.34. The van der Waals surface area contributed by atoms with Crippen molar-refractivity contribution in [3.8, 4) is 0 Å². The summed E-state index contributed by atoms with van der Waals surface area (Å²) in [4.78, 5) is 0. The van der Waals surface area contributed by atoms with E-state index in [4.69, 9.17) is 0 Å². The molecule has 0 fully saturated rings. The van der Waals surface area contributed by atoms with Gasteiger partial charge in [0, 0.05) is 5.41 Å². The van der Waals surface area contributed by atoms with E-state index in [1.54, 1.807) is 0 Å². The topological polar surface area (TPSA) is 0 Å². The number of hydrogen-bond donors (Lipinski definition) is 0. The predicted octanol–water partition coefficient (Wildman–Crippen LogP) is 15.3. The summed E-state index contributed by atoms with van der Waals surface area (Å²) in [5.41, 5.74) is 15.3. The summed E-state index contributed by atoms with van der Waals surface area (Å²) in [6.07, 6.45) is 1.03. The van der Waals surface area contributed by atoms with Crippen LogP contribution in [0.15, 0.2) is 255 Å². The molecule has 0 saturated carbocycles. The van der Waals surface area contributed by atoms with Crippen molar-refractivity contribution in [1.82, 2.24) is 0 Å². The van der Waals surface area contributed by atoms with Gasteiger partial charge >= 0.3 is 0 Å². The van der Waals surface area contributed by atoms with Gasteiger partial charge in [-0.3, -0.25) is 0 Å². The van der Waals surface area contributed by atoms with Gasteiger partial charge in [0.15, 0.2) is 0 Å². The highest BCUT2D eigenvalue weighted by molar-refractivity contribution is 5.60. The zero-order chi connectivity index (χ0) is 42.3. The highest BCUT2D eigenvalue weighted by Gasteiger charge is 2.38. The Hall–Kier alpha value is -7.02. The molecule has 9 rings (SSSR count). The van der Waals surface area contributed by atoms with Gasteiger partial charge in [-0.15, -0.1) is 0 Å². The van der Waals surface area contributed by atoms with E-state index in [1.807, 2.05) is 0 Å². The Balaban J connectivity index is 0.000000144. The summed E-state index contributed by atoms with van der Waals surface area (Å²) in [5, 5.41) is 0. The second-order valence-corrected chi connectivity index (χ2v) is 16.1. The maximum atomic E-state index is 2.31. The van der Waals surface area contributed by atoms with Gasteiger partial charge in [-0.05, 0) is 84.2 Å². The molecule has 0 radical (unpaired) electrons. The molecule has 0 aliphatic carbocycles. The van der Waals surface area contributed by atoms with Crippen LogP contribution in [0, 0.1) is 20.8 Å². The van der Waals surface area contributed by atoms with Crippen molar-refractivity contribution < 1.29 is 0 Å². The van der Waals surface area contributed by atoms with Crippen LogP contribution in [-0.2, 0) is 17.3 Å². The Morgan fingerprint density at radius 1 is 0.246 bits per heavy atom. The predicted molar refractivity (Wildman–Crippen MR) is 260 cm³/mol. The first-order valence-electron chi connectivity index (χ1n) is 21.4. The van der Waals surface area contributed by atoms with Crippen LogP contribution in [0.3, 0.4) is 0 Å². The molecule has 0 N–H and O–H groups in total. The summed E-state index contributed by atoms with van der Waals surface area (Å²) >= 11 is 0. The van der Waals surface area contributed by atoms with E-state index in [9.17, 15) is 0 Å². The van der Waals surface area contributed by atoms with Gasteiger partial charge in [0.1, 0.15) is 0 Å². The third-order valence-electron chi connectivity index (χ3n) is 11.8. The number of benzene rings is 9. The summed E-state index contributed by atoms with van der Waals surface area (Å²) in [6.45, 7) is 8.69. The Morgan fingerprint density at radius 3 is 0.820 bits per heavy atom. The Bertz CT molecular complexity index is 2480. The summed E-state index contributed by atoms with van der Waals surface area (Å²) in [5.74, 6) is 0. The molecule has 0 heteroatoms. The SMILES string of the molecule is Cc1ccc(C(C)(c2ccccc2)c2ccccc2)cc1.Cc1ccc(C(c2ccccc2)(c2ccccc2)c2ccccc2)cc1.Cc1ccc(Cc2ccccc2)cc1. The molecule has 0 nitrogen and oxygen atoms in total. The zero-order valence-electron chi connectivity index (χ0n) is 36.0. The Labute approximate surface area is 364 Å². The van der Waals surface area contributed by atoms with Gasteiger partial charge in [0.2, 0.25) is 0 Å². The van der Waals surface area contributed by atoms with Crippen LogP contribution in [0.5, 0.6) is 0 Å². The molecule has 0 bridgehead atoms. The van der Waals surface area contributed by atoms with Crippen LogP contribution in [0.4, 0.5) is 0 Å². The standard InChI is InChI=1S/C26H22.C21H20.C14H14/c1-21-17-19-25(20-18-21)26(22-11-5-2-6-12-22,23-13-7-3-8-14-23)24-15-9-4-10-16-24;1-17-13-15-20(16-14-17)21(2,18-9-5-3-6-10-18)19-11-7-4-8-12-19;1-12-7-9-14(10-8-12)11-13-5-3-2-4-6-13/h2-20H,1H3;3-16H,1-2H3;2-10H,11H2,1H3. The van der Waals surface area contributed by atoms with Gasteiger partial charge in [0.05, 0.1) is 5.41 Å². The number of rotatable bonds is 9. The lowest BCUT2D eigenvalue weighted by molar-refractivity contribution is 0.692. The van der Waals surface area contributed by atoms with Crippen molar-refractivity contribution in [3.63, 3.8) is 0 Å². The average Bonchev–Trinajstić information content (AvgIpc) is 3.33. The van der Waals surface area contributed by atoms with Crippen molar-refractivity contribution in [2.24, 2.45) is 0 Å². The fraction of sp³-hybridized carbons (Fsp3) is 0.115. The Kier molecular flexibility index (Phi) is 14.0. The van der Waals surface area contributed by atoms with Crippen molar-refractivity contribution in [2.45, 2.75) is 44.9 Å². The maximum absolute atomic E-state index is 2.31. The molecule has 0 spiro atoms. The van der Waals surface area contributed by atoms with Crippen molar-refractivity contribution >= 4 is 0 Å². The summed E-state index contributed by atoms with van der Waals surface area (Å²) in [7, 11) is 0. The molecule has 0 atom stereocenters. The molecule has 0 unspecified atom stereocenters. The third kappa shape index (κ3) is 10.1. The first-order chi connectivity index (χ1) is 29.9. The maximum Gasteiger partial charge on any atom is 0.0701 e. The van der Waals surface area contributed by atoms with E-state index in [0.29, 0.717) is 0 Å². The van der Waals surface area contributed by atoms with Crippen LogP contribution in [0.25, 0.3) is 0 Å². The first kappa shape index (κ1) is 42.1. The highest BCUT2D eigenvalue weighted by Crippen LogP contribution is 2.45. The zero-order valence-corrected chi connectivity index (χ0v) is 36.0. The van der Waals surface area contributed by atoms with Gasteiger partial charge < -0.3 is 0 Å². The van der Waals surface area contributed by atoms with E-state index in [-0.39, 0.29) is 10.8 Å². The van der Waals surface area contributed by atoms with Gasteiger partial charge in [-0.2, -0.15) is 0 Å². The molecule has 61 heavy (non-hydrogen) atoms. The quantitative estimate of drug-likeness (QED) is 0.128. The number of aryl methyl sites for hydroxylation is 3. The average molecular weight is 789 g/mol. The largest absolute Gasteiger partial charge is 0.0701 e. The molecule has 0 heterocycles. The van der Waals surface area contributed by atoms with Gasteiger partial charge in [0.25, 0.3) is 0 Å². The van der Waals surface area contributed by atoms with E-state index >= 15 is 0 Å². The second kappa shape index (κ2) is 20.3. The number of hydrogen-bond acceptors (Lipinski definition) is 0. The van der Waals surface area contributed by atoms with E-state index < -0.39 is 0 Å². The molecular weight excluding hydrogens is 733 g/mol. The van der Waals surface area contributed by atoms with Crippen LogP contribution in [-0.4, -0.2) is 0 Å². The van der Waals surface area contributed by atoms with Crippen molar-refractivity contribution in [3.05, 3.63) is 322 Å². The molecule has 0 aliphatic rings. The monoisotopic (exact) mass is 788 g/mol. The lowest BCUT2D eigenvalue weighted by Crippen LogP contribution is -2.30. The summed E-state index contributed by atoms with van der Waals surface area (Å²) in [6, 6.07) is 91.0. The summed E-state index contributed by atoms with van der Waals surface area (Å²) < 4.78 is 0. The van der Waals surface area contributed by atoms with Gasteiger partial charge in [-0.1, -0.05) is 271 Å². The molecule has 0 aromatic heterocycles. The molecule has 0 saturated heterocycles. The van der Waals surface area contributed by atoms with Crippen molar-refractivity contribution in [1.29, 1.82) is 0 Å². The minimum absolute atomic E-state index is 0.129. The lowest BCUT2D eigenvalue weighted by Gasteiger charge is -2.36. The van der Waals surface area contributed by atoms with Crippen molar-refractivity contribution in [2.75, 3.05) is 0 Å². The third-order valence-corrected chi connectivity index (χ3v) is 11.8. The van der Waals surface area contributed by atoms with Crippen LogP contribution in [0.1, 0.15) is 73.7 Å². The Morgan fingerprint density at radius 2 is 0.475 bits per heavy atom. The van der Waals surface area contributed by atoms with Crippen LogP contribution < -0.4 is 0 Å². The van der Waals surface area contributed by atoms with Gasteiger partial charge in [-0.25, -0.2) is 0 Å². The lowest BCUT2D eigenvalue weighted by atomic mass is 9.65. The minimum atomic E-state index is -0.336. The smallest absolute Gasteiger partial charge is 0.0622 e. The highest BCUT2D eigenvalue weighted by atomic mass is 14.4. The van der Waals surface area contributed by atoms with Crippen LogP contribution in [0.2, 0.25) is 0 Å². The fourth-order valence-electron chi connectivity index (χ4n) is 8.34. The first-order valence-corrected chi connectivity index (χ1v) is 21.4. The van der Waals surface area contributed by atoms with Crippen LogP contribution >= 0.6 is 0 Å². The second-order valence-electron chi connectivity index (χ2n) is 16.1. The molecule has 0 aliphatic heterocycles.